The second-order valence-corrected chi connectivity index (χ2v) is 7.41. The van der Waals surface area contributed by atoms with Gasteiger partial charge in [-0.15, -0.1) is 0 Å². The maximum atomic E-state index is 12.5. The molecule has 1 amide bonds. The van der Waals surface area contributed by atoms with Crippen LogP contribution in [-0.4, -0.2) is 45.4 Å². The fraction of sp³-hybridized carbons (Fsp3) is 0.619. The Morgan fingerprint density at radius 1 is 1.11 bits per heavy atom. The van der Waals surface area contributed by atoms with Crippen molar-refractivity contribution < 1.29 is 23.8 Å². The van der Waals surface area contributed by atoms with Crippen molar-refractivity contribution in [3.8, 4) is 5.75 Å². The number of carbonyl (C=O) groups is 2. The fourth-order valence-corrected chi connectivity index (χ4v) is 4.15. The van der Waals surface area contributed by atoms with E-state index in [0.29, 0.717) is 30.4 Å². The molecule has 0 aromatic heterocycles. The van der Waals surface area contributed by atoms with Gasteiger partial charge in [-0.25, -0.2) is 4.79 Å². The molecule has 1 aromatic rings. The minimum atomic E-state index is -0.395. The molecule has 1 heterocycles. The second kappa shape index (κ2) is 9.22. The molecular formula is C21H29NO5. The quantitative estimate of drug-likeness (QED) is 0.801. The molecule has 6 nitrogen and oxygen atoms in total. The number of rotatable bonds is 5. The number of ether oxygens (including phenoxy) is 3. The molecule has 1 saturated carbocycles. The highest BCUT2D eigenvalue weighted by Crippen LogP contribution is 2.35. The lowest BCUT2D eigenvalue weighted by atomic mass is 9.80. The standard InChI is InChI=1S/C21H29NO5/c1-25-19-7-6-16(13-18(19)21(24)26-2)15-4-3-5-17(12-15)22-20(23)14-8-10-27-11-9-14/h6-7,13-15,17H,3-5,8-12H2,1-2H3,(H,22,23). The van der Waals surface area contributed by atoms with Crippen LogP contribution in [0.4, 0.5) is 0 Å². The topological polar surface area (TPSA) is 73.9 Å². The summed E-state index contributed by atoms with van der Waals surface area (Å²) in [7, 11) is 2.92. The molecule has 1 aliphatic heterocycles. The molecule has 2 unspecified atom stereocenters. The van der Waals surface area contributed by atoms with Gasteiger partial charge >= 0.3 is 5.97 Å². The lowest BCUT2D eigenvalue weighted by molar-refractivity contribution is -0.128. The Morgan fingerprint density at radius 2 is 1.89 bits per heavy atom. The van der Waals surface area contributed by atoms with Crippen LogP contribution in [0.3, 0.4) is 0 Å². The van der Waals surface area contributed by atoms with Crippen molar-refractivity contribution in [2.24, 2.45) is 5.92 Å². The van der Waals surface area contributed by atoms with Gasteiger partial charge in [0.1, 0.15) is 11.3 Å². The first kappa shape index (κ1) is 19.7. The Hall–Kier alpha value is -2.08. The largest absolute Gasteiger partial charge is 0.496 e. The van der Waals surface area contributed by atoms with Crippen LogP contribution < -0.4 is 10.1 Å². The number of methoxy groups -OCH3 is 2. The number of hydrogen-bond donors (Lipinski definition) is 1. The minimum absolute atomic E-state index is 0.0750. The molecule has 1 aromatic carbocycles. The first-order chi connectivity index (χ1) is 13.1. The van der Waals surface area contributed by atoms with Crippen molar-refractivity contribution in [2.45, 2.75) is 50.5 Å². The summed E-state index contributed by atoms with van der Waals surface area (Å²) in [4.78, 5) is 24.6. The zero-order chi connectivity index (χ0) is 19.2. The van der Waals surface area contributed by atoms with E-state index in [-0.39, 0.29) is 17.9 Å². The van der Waals surface area contributed by atoms with Crippen LogP contribution in [-0.2, 0) is 14.3 Å². The van der Waals surface area contributed by atoms with E-state index in [1.54, 1.807) is 7.11 Å². The van der Waals surface area contributed by atoms with Crippen molar-refractivity contribution >= 4 is 11.9 Å². The maximum absolute atomic E-state index is 12.5. The average Bonchev–Trinajstić information content (AvgIpc) is 2.73. The number of carbonyl (C=O) groups excluding carboxylic acids is 2. The van der Waals surface area contributed by atoms with Crippen LogP contribution >= 0.6 is 0 Å². The Bertz CT molecular complexity index is 669. The molecule has 148 valence electrons. The zero-order valence-corrected chi connectivity index (χ0v) is 16.2. The Morgan fingerprint density at radius 3 is 2.59 bits per heavy atom. The summed E-state index contributed by atoms with van der Waals surface area (Å²) in [6.45, 7) is 1.35. The van der Waals surface area contributed by atoms with Crippen molar-refractivity contribution in [1.82, 2.24) is 5.32 Å². The Balaban J connectivity index is 1.67. The van der Waals surface area contributed by atoms with E-state index in [0.717, 1.165) is 44.1 Å². The third-order valence-electron chi connectivity index (χ3n) is 5.71. The smallest absolute Gasteiger partial charge is 0.341 e. The van der Waals surface area contributed by atoms with Gasteiger partial charge in [0, 0.05) is 25.2 Å². The van der Waals surface area contributed by atoms with Crippen molar-refractivity contribution in [2.75, 3.05) is 27.4 Å². The molecule has 0 radical (unpaired) electrons. The van der Waals surface area contributed by atoms with Gasteiger partial charge in [0.25, 0.3) is 0 Å². The van der Waals surface area contributed by atoms with E-state index in [2.05, 4.69) is 5.32 Å². The highest BCUT2D eigenvalue weighted by Gasteiger charge is 2.28. The normalized spacial score (nSPS) is 23.5. The third kappa shape index (κ3) is 4.80. The highest BCUT2D eigenvalue weighted by atomic mass is 16.5. The summed E-state index contributed by atoms with van der Waals surface area (Å²) >= 11 is 0. The molecule has 2 fully saturated rings. The summed E-state index contributed by atoms with van der Waals surface area (Å²) in [5.74, 6) is 0.674. The Kier molecular flexibility index (Phi) is 6.72. The average molecular weight is 375 g/mol. The van der Waals surface area contributed by atoms with Gasteiger partial charge < -0.3 is 19.5 Å². The fourth-order valence-electron chi connectivity index (χ4n) is 4.15. The van der Waals surface area contributed by atoms with Crippen LogP contribution in [0.1, 0.15) is 60.4 Å². The predicted molar refractivity (Wildman–Crippen MR) is 101 cm³/mol. The van der Waals surface area contributed by atoms with E-state index in [1.165, 1.54) is 7.11 Å². The zero-order valence-electron chi connectivity index (χ0n) is 16.2. The number of hydrogen-bond acceptors (Lipinski definition) is 5. The molecule has 1 saturated heterocycles. The van der Waals surface area contributed by atoms with Gasteiger partial charge in [-0.1, -0.05) is 12.5 Å². The Labute approximate surface area is 160 Å². The summed E-state index contributed by atoms with van der Waals surface area (Å²) < 4.78 is 15.5. The van der Waals surface area contributed by atoms with Crippen LogP contribution in [0.15, 0.2) is 18.2 Å². The van der Waals surface area contributed by atoms with E-state index in [1.807, 2.05) is 18.2 Å². The SMILES string of the molecule is COC(=O)c1cc(C2CCCC(NC(=O)C3CCOCC3)C2)ccc1OC. The molecule has 6 heteroatoms. The number of esters is 1. The van der Waals surface area contributed by atoms with Gasteiger partial charge in [-0.2, -0.15) is 0 Å². The van der Waals surface area contributed by atoms with Crippen LogP contribution in [0, 0.1) is 5.92 Å². The molecule has 1 aliphatic carbocycles. The summed E-state index contributed by atoms with van der Waals surface area (Å²) in [6.07, 6.45) is 5.62. The van der Waals surface area contributed by atoms with E-state index in [9.17, 15) is 9.59 Å². The van der Waals surface area contributed by atoms with Crippen molar-refractivity contribution in [1.29, 1.82) is 0 Å². The van der Waals surface area contributed by atoms with Crippen LogP contribution in [0.25, 0.3) is 0 Å². The first-order valence-electron chi connectivity index (χ1n) is 9.76. The second-order valence-electron chi connectivity index (χ2n) is 7.41. The third-order valence-corrected chi connectivity index (χ3v) is 5.71. The van der Waals surface area contributed by atoms with Gasteiger partial charge in [-0.3, -0.25) is 4.79 Å². The molecule has 0 bridgehead atoms. The number of benzene rings is 1. The van der Waals surface area contributed by atoms with E-state index in [4.69, 9.17) is 14.2 Å². The van der Waals surface area contributed by atoms with E-state index >= 15 is 0 Å². The lowest BCUT2D eigenvalue weighted by Gasteiger charge is -2.32. The van der Waals surface area contributed by atoms with Gasteiger partial charge in [0.05, 0.1) is 14.2 Å². The lowest BCUT2D eigenvalue weighted by Crippen LogP contribution is -2.42. The minimum Gasteiger partial charge on any atom is -0.496 e. The predicted octanol–water partition coefficient (Wildman–Crippen LogP) is 3.05. The molecular weight excluding hydrogens is 346 g/mol. The molecule has 27 heavy (non-hydrogen) atoms. The van der Waals surface area contributed by atoms with Crippen molar-refractivity contribution in [3.05, 3.63) is 29.3 Å². The molecule has 0 spiro atoms. The number of amides is 1. The van der Waals surface area contributed by atoms with Gasteiger partial charge in [0.2, 0.25) is 5.91 Å². The van der Waals surface area contributed by atoms with Gasteiger partial charge in [-0.05, 0) is 55.7 Å². The summed E-state index contributed by atoms with van der Waals surface area (Å²) in [5.41, 5.74) is 1.55. The molecule has 3 rings (SSSR count). The summed E-state index contributed by atoms with van der Waals surface area (Å²) in [6, 6.07) is 5.89. The highest BCUT2D eigenvalue weighted by molar-refractivity contribution is 5.92. The van der Waals surface area contributed by atoms with Crippen molar-refractivity contribution in [3.63, 3.8) is 0 Å². The van der Waals surface area contributed by atoms with Gasteiger partial charge in [0.15, 0.2) is 0 Å². The monoisotopic (exact) mass is 375 g/mol. The molecule has 1 N–H and O–H groups in total. The first-order valence-corrected chi connectivity index (χ1v) is 9.76. The van der Waals surface area contributed by atoms with Crippen LogP contribution in [0.2, 0.25) is 0 Å². The summed E-state index contributed by atoms with van der Waals surface area (Å²) in [5, 5.41) is 3.25. The molecule has 2 aliphatic rings. The van der Waals surface area contributed by atoms with E-state index < -0.39 is 5.97 Å². The molecule has 2 atom stereocenters. The van der Waals surface area contributed by atoms with Crippen LogP contribution in [0.5, 0.6) is 5.75 Å². The number of nitrogens with one attached hydrogen (secondary N) is 1. The maximum Gasteiger partial charge on any atom is 0.341 e.